The van der Waals surface area contributed by atoms with E-state index in [1.54, 1.807) is 19.4 Å². The number of methoxy groups -OCH3 is 1. The fourth-order valence-electron chi connectivity index (χ4n) is 3.81. The molecule has 2 aromatic carbocycles. The van der Waals surface area contributed by atoms with Gasteiger partial charge in [-0.1, -0.05) is 43.7 Å². The zero-order chi connectivity index (χ0) is 21.9. The zero-order valence-electron chi connectivity index (χ0n) is 18.6. The van der Waals surface area contributed by atoms with Crippen LogP contribution in [0, 0.1) is 0 Å². The van der Waals surface area contributed by atoms with Crippen LogP contribution in [-0.4, -0.2) is 24.5 Å². The van der Waals surface area contributed by atoms with E-state index in [4.69, 9.17) is 4.74 Å². The maximum atomic E-state index is 12.4. The first-order chi connectivity index (χ1) is 15.2. The molecule has 1 aromatic heterocycles. The number of ether oxygens (including phenoxy) is 1. The van der Waals surface area contributed by atoms with Crippen LogP contribution in [0.25, 0.3) is 16.8 Å². The van der Waals surface area contributed by atoms with Crippen molar-refractivity contribution < 1.29 is 9.53 Å². The number of hydrogen-bond donors (Lipinski definition) is 1. The first kappa shape index (κ1) is 22.5. The van der Waals surface area contributed by atoms with Gasteiger partial charge < -0.3 is 10.1 Å². The Balaban J connectivity index is 1.63. The molecule has 0 unspecified atom stereocenters. The van der Waals surface area contributed by atoms with E-state index in [-0.39, 0.29) is 5.91 Å². The van der Waals surface area contributed by atoms with E-state index in [9.17, 15) is 4.79 Å². The van der Waals surface area contributed by atoms with Crippen LogP contribution < -0.4 is 10.1 Å². The largest absolute Gasteiger partial charge is 0.496 e. The second kappa shape index (κ2) is 11.9. The van der Waals surface area contributed by atoms with Crippen molar-refractivity contribution in [2.24, 2.45) is 0 Å². The summed E-state index contributed by atoms with van der Waals surface area (Å²) in [6.45, 7) is 2.87. The molecule has 0 spiro atoms. The summed E-state index contributed by atoms with van der Waals surface area (Å²) in [5.41, 5.74) is 3.56. The quantitative estimate of drug-likeness (QED) is 0.320. The Labute approximate surface area is 185 Å². The fraction of sp³-hybridized carbons (Fsp3) is 0.333. The highest BCUT2D eigenvalue weighted by molar-refractivity contribution is 5.96. The van der Waals surface area contributed by atoms with Gasteiger partial charge in [-0.25, -0.2) is 0 Å². The van der Waals surface area contributed by atoms with Crippen LogP contribution in [0.5, 0.6) is 5.75 Å². The molecule has 1 amide bonds. The molecule has 0 saturated heterocycles. The van der Waals surface area contributed by atoms with E-state index < -0.39 is 0 Å². The highest BCUT2D eigenvalue weighted by Crippen LogP contribution is 2.33. The molecule has 0 aliphatic heterocycles. The van der Waals surface area contributed by atoms with Crippen LogP contribution >= 0.6 is 0 Å². The van der Waals surface area contributed by atoms with Gasteiger partial charge in [-0.3, -0.25) is 9.78 Å². The van der Waals surface area contributed by atoms with Gasteiger partial charge in [-0.05, 0) is 72.4 Å². The molecule has 0 radical (unpaired) electrons. The number of aromatic nitrogens is 1. The Morgan fingerprint density at radius 2 is 1.90 bits per heavy atom. The molecule has 31 heavy (non-hydrogen) atoms. The molecular formula is C27H32N2O2. The van der Waals surface area contributed by atoms with Crippen molar-refractivity contribution >= 4 is 22.8 Å². The maximum absolute atomic E-state index is 12.4. The van der Waals surface area contributed by atoms with Crippen molar-refractivity contribution in [3.8, 4) is 5.75 Å². The van der Waals surface area contributed by atoms with Crippen LogP contribution in [0.4, 0.5) is 0 Å². The van der Waals surface area contributed by atoms with E-state index >= 15 is 0 Å². The van der Waals surface area contributed by atoms with Gasteiger partial charge in [0.15, 0.2) is 0 Å². The number of pyridine rings is 1. The number of rotatable bonds is 11. The SMILES string of the molecule is CCCCc1c(C=CC(=O)NCCCCc2cccnc2)cc(OC)c2ccccc12. The molecule has 0 atom stereocenters. The first-order valence-corrected chi connectivity index (χ1v) is 11.2. The minimum atomic E-state index is -0.0602. The summed E-state index contributed by atoms with van der Waals surface area (Å²) in [4.78, 5) is 16.5. The van der Waals surface area contributed by atoms with Gasteiger partial charge in [-0.15, -0.1) is 0 Å². The summed E-state index contributed by atoms with van der Waals surface area (Å²) < 4.78 is 5.62. The monoisotopic (exact) mass is 416 g/mol. The molecule has 4 nitrogen and oxygen atoms in total. The summed E-state index contributed by atoms with van der Waals surface area (Å²) >= 11 is 0. The summed E-state index contributed by atoms with van der Waals surface area (Å²) in [5.74, 6) is 0.779. The average molecular weight is 417 g/mol. The summed E-state index contributed by atoms with van der Waals surface area (Å²) in [6.07, 6.45) is 13.4. The molecule has 0 bridgehead atoms. The number of carbonyl (C=O) groups excluding carboxylic acids is 1. The van der Waals surface area contributed by atoms with E-state index in [1.807, 2.05) is 30.5 Å². The number of nitrogens with one attached hydrogen (secondary N) is 1. The number of nitrogens with zero attached hydrogens (tertiary/aromatic N) is 1. The number of unbranched alkanes of at least 4 members (excludes halogenated alkanes) is 2. The Bertz CT molecular complexity index is 1010. The third kappa shape index (κ3) is 6.42. The molecule has 0 saturated carbocycles. The molecule has 4 heteroatoms. The summed E-state index contributed by atoms with van der Waals surface area (Å²) in [6, 6.07) is 14.4. The maximum Gasteiger partial charge on any atom is 0.243 e. The molecular weight excluding hydrogens is 384 g/mol. The second-order valence-electron chi connectivity index (χ2n) is 7.74. The topological polar surface area (TPSA) is 51.2 Å². The molecule has 1 heterocycles. The third-order valence-corrected chi connectivity index (χ3v) is 5.48. The lowest BCUT2D eigenvalue weighted by molar-refractivity contribution is -0.116. The van der Waals surface area contributed by atoms with Crippen molar-refractivity contribution in [3.63, 3.8) is 0 Å². The lowest BCUT2D eigenvalue weighted by Gasteiger charge is -2.14. The van der Waals surface area contributed by atoms with Gasteiger partial charge in [-0.2, -0.15) is 0 Å². The van der Waals surface area contributed by atoms with Crippen molar-refractivity contribution in [3.05, 3.63) is 77.6 Å². The standard InChI is InChI=1S/C27H32N2O2/c1-3-4-12-23-22(19-26(31-2)25-14-6-5-13-24(23)25)15-16-27(30)29-18-8-7-10-21-11-9-17-28-20-21/h5-6,9,11,13-17,19-20H,3-4,7-8,10,12,18H2,1-2H3,(H,29,30). The number of aryl methyl sites for hydroxylation is 2. The van der Waals surface area contributed by atoms with Crippen LogP contribution in [0.15, 0.2) is 60.9 Å². The summed E-state index contributed by atoms with van der Waals surface area (Å²) in [5, 5.41) is 5.31. The lowest BCUT2D eigenvalue weighted by atomic mass is 9.94. The summed E-state index contributed by atoms with van der Waals surface area (Å²) in [7, 11) is 1.69. The molecule has 1 N–H and O–H groups in total. The lowest BCUT2D eigenvalue weighted by Crippen LogP contribution is -2.22. The number of amides is 1. The van der Waals surface area contributed by atoms with Gasteiger partial charge in [0.25, 0.3) is 0 Å². The van der Waals surface area contributed by atoms with E-state index in [0.29, 0.717) is 6.54 Å². The first-order valence-electron chi connectivity index (χ1n) is 11.2. The Hall–Kier alpha value is -3.14. The molecule has 0 fully saturated rings. The highest BCUT2D eigenvalue weighted by atomic mass is 16.5. The smallest absolute Gasteiger partial charge is 0.243 e. The molecule has 0 aliphatic rings. The molecule has 0 aliphatic carbocycles. The van der Waals surface area contributed by atoms with Gasteiger partial charge >= 0.3 is 0 Å². The van der Waals surface area contributed by atoms with Crippen molar-refractivity contribution in [1.82, 2.24) is 10.3 Å². The van der Waals surface area contributed by atoms with Crippen molar-refractivity contribution in [2.75, 3.05) is 13.7 Å². The molecule has 162 valence electrons. The average Bonchev–Trinajstić information content (AvgIpc) is 2.81. The van der Waals surface area contributed by atoms with Gasteiger partial charge in [0.05, 0.1) is 7.11 Å². The number of benzene rings is 2. The number of carbonyl (C=O) groups is 1. The number of hydrogen-bond acceptors (Lipinski definition) is 3. The van der Waals surface area contributed by atoms with E-state index in [0.717, 1.165) is 55.2 Å². The predicted molar refractivity (Wildman–Crippen MR) is 128 cm³/mol. The van der Waals surface area contributed by atoms with Crippen molar-refractivity contribution in [1.29, 1.82) is 0 Å². The van der Waals surface area contributed by atoms with Crippen LogP contribution in [0.1, 0.15) is 49.3 Å². The predicted octanol–water partition coefficient (Wildman–Crippen LogP) is 5.74. The van der Waals surface area contributed by atoms with E-state index in [2.05, 4.69) is 41.5 Å². The van der Waals surface area contributed by atoms with Gasteiger partial charge in [0.1, 0.15) is 5.75 Å². The second-order valence-corrected chi connectivity index (χ2v) is 7.74. The number of fused-ring (bicyclic) bond motifs is 1. The molecule has 3 aromatic rings. The normalized spacial score (nSPS) is 11.2. The third-order valence-electron chi connectivity index (χ3n) is 5.48. The zero-order valence-corrected chi connectivity index (χ0v) is 18.6. The highest BCUT2D eigenvalue weighted by Gasteiger charge is 2.11. The van der Waals surface area contributed by atoms with Crippen molar-refractivity contribution in [2.45, 2.75) is 45.4 Å². The minimum Gasteiger partial charge on any atom is -0.496 e. The van der Waals surface area contributed by atoms with Gasteiger partial charge in [0, 0.05) is 30.4 Å². The van der Waals surface area contributed by atoms with Crippen LogP contribution in [0.3, 0.4) is 0 Å². The van der Waals surface area contributed by atoms with Crippen LogP contribution in [-0.2, 0) is 17.6 Å². The molecule has 3 rings (SSSR count). The van der Waals surface area contributed by atoms with E-state index in [1.165, 1.54) is 16.5 Å². The van der Waals surface area contributed by atoms with Crippen LogP contribution in [0.2, 0.25) is 0 Å². The fourth-order valence-corrected chi connectivity index (χ4v) is 3.81. The van der Waals surface area contributed by atoms with Gasteiger partial charge in [0.2, 0.25) is 5.91 Å². The Morgan fingerprint density at radius 1 is 1.06 bits per heavy atom. The Morgan fingerprint density at radius 3 is 2.65 bits per heavy atom. The minimum absolute atomic E-state index is 0.0602. The Kier molecular flexibility index (Phi) is 8.65.